The highest BCUT2D eigenvalue weighted by atomic mass is 19.2. The van der Waals surface area contributed by atoms with Crippen LogP contribution in [-0.2, 0) is 9.59 Å². The van der Waals surface area contributed by atoms with E-state index in [1.807, 2.05) is 20.8 Å². The van der Waals surface area contributed by atoms with E-state index in [4.69, 9.17) is 0 Å². The first-order chi connectivity index (χ1) is 13.1. The molecule has 154 valence electrons. The Kier molecular flexibility index (Phi) is 7.10. The highest BCUT2D eigenvalue weighted by molar-refractivity contribution is 5.94. The second kappa shape index (κ2) is 9.12. The summed E-state index contributed by atoms with van der Waals surface area (Å²) in [7, 11) is 0. The van der Waals surface area contributed by atoms with Crippen molar-refractivity contribution < 1.29 is 23.2 Å². The first kappa shape index (κ1) is 21.8. The van der Waals surface area contributed by atoms with Crippen LogP contribution in [0.1, 0.15) is 44.0 Å². The Balaban J connectivity index is 1.75. The smallest absolute Gasteiger partial charge is 0.254 e. The maximum atomic E-state index is 13.3. The molecule has 1 saturated heterocycles. The van der Waals surface area contributed by atoms with Crippen LogP contribution in [0.15, 0.2) is 18.2 Å². The van der Waals surface area contributed by atoms with Gasteiger partial charge in [-0.2, -0.15) is 0 Å². The molecule has 8 heteroatoms. The molecular weight excluding hydrogens is 368 g/mol. The fourth-order valence-corrected chi connectivity index (χ4v) is 2.84. The first-order valence-electron chi connectivity index (χ1n) is 9.40. The van der Waals surface area contributed by atoms with E-state index in [1.54, 1.807) is 4.90 Å². The summed E-state index contributed by atoms with van der Waals surface area (Å²) in [6.45, 7) is 7.38. The number of carbonyl (C=O) groups is 3. The number of hydrogen-bond donors (Lipinski definition) is 1. The highest BCUT2D eigenvalue weighted by Gasteiger charge is 2.25. The van der Waals surface area contributed by atoms with Gasteiger partial charge in [-0.1, -0.05) is 20.8 Å². The van der Waals surface area contributed by atoms with Gasteiger partial charge < -0.3 is 15.1 Å². The molecule has 0 bridgehead atoms. The number of halogens is 2. The van der Waals surface area contributed by atoms with Crippen LogP contribution in [-0.4, -0.2) is 60.2 Å². The summed E-state index contributed by atoms with van der Waals surface area (Å²) >= 11 is 0. The Bertz CT molecular complexity index is 739. The lowest BCUT2D eigenvalue weighted by Crippen LogP contribution is -2.50. The summed E-state index contributed by atoms with van der Waals surface area (Å²) in [5.74, 6) is -2.51. The molecule has 0 radical (unpaired) electrons. The maximum Gasteiger partial charge on any atom is 0.254 e. The lowest BCUT2D eigenvalue weighted by molar-refractivity contribution is -0.133. The quantitative estimate of drug-likeness (QED) is 0.777. The lowest BCUT2D eigenvalue weighted by atomic mass is 9.96. The molecule has 28 heavy (non-hydrogen) atoms. The normalized spacial score (nSPS) is 14.8. The largest absolute Gasteiger partial charge is 0.356 e. The lowest BCUT2D eigenvalue weighted by Gasteiger charge is -2.35. The number of rotatable bonds is 5. The first-order valence-corrected chi connectivity index (χ1v) is 9.40. The second-order valence-electron chi connectivity index (χ2n) is 7.91. The van der Waals surface area contributed by atoms with Crippen molar-refractivity contribution in [2.75, 3.05) is 32.7 Å². The van der Waals surface area contributed by atoms with Crippen molar-refractivity contribution in [3.8, 4) is 0 Å². The van der Waals surface area contributed by atoms with Gasteiger partial charge in [0, 0.05) is 50.1 Å². The zero-order valence-corrected chi connectivity index (χ0v) is 16.6. The van der Waals surface area contributed by atoms with E-state index in [9.17, 15) is 23.2 Å². The van der Waals surface area contributed by atoms with Gasteiger partial charge in [-0.25, -0.2) is 8.78 Å². The van der Waals surface area contributed by atoms with E-state index < -0.39 is 17.0 Å². The van der Waals surface area contributed by atoms with Gasteiger partial charge in [0.15, 0.2) is 11.6 Å². The predicted molar refractivity (Wildman–Crippen MR) is 101 cm³/mol. The summed E-state index contributed by atoms with van der Waals surface area (Å²) in [5.41, 5.74) is -0.367. The van der Waals surface area contributed by atoms with E-state index in [2.05, 4.69) is 5.32 Å². The number of carbonyl (C=O) groups excluding carboxylic acids is 3. The molecular formula is C20H27F2N3O3. The van der Waals surface area contributed by atoms with E-state index in [0.29, 0.717) is 45.6 Å². The number of amides is 3. The van der Waals surface area contributed by atoms with Crippen molar-refractivity contribution >= 4 is 17.7 Å². The average Bonchev–Trinajstić information content (AvgIpc) is 2.65. The summed E-state index contributed by atoms with van der Waals surface area (Å²) in [6.07, 6.45) is 0.871. The van der Waals surface area contributed by atoms with Gasteiger partial charge in [-0.3, -0.25) is 14.4 Å². The Hall–Kier alpha value is -2.51. The van der Waals surface area contributed by atoms with Gasteiger partial charge >= 0.3 is 0 Å². The van der Waals surface area contributed by atoms with Gasteiger partial charge in [-0.05, 0) is 24.6 Å². The van der Waals surface area contributed by atoms with E-state index in [-0.39, 0.29) is 23.3 Å². The van der Waals surface area contributed by atoms with Gasteiger partial charge in [-0.15, -0.1) is 0 Å². The van der Waals surface area contributed by atoms with Crippen molar-refractivity contribution in [3.63, 3.8) is 0 Å². The standard InChI is InChI=1S/C20H27F2N3O3/c1-20(2,3)19(28)23-8-4-5-17(26)24-9-11-25(12-10-24)18(27)14-6-7-15(21)16(22)13-14/h6-7,13H,4-5,8-12H2,1-3H3,(H,23,28). The number of benzene rings is 1. The van der Waals surface area contributed by atoms with Crippen LogP contribution in [0.25, 0.3) is 0 Å². The Morgan fingerprint density at radius 3 is 2.18 bits per heavy atom. The molecule has 1 aromatic carbocycles. The maximum absolute atomic E-state index is 13.3. The molecule has 0 aromatic heterocycles. The molecule has 2 rings (SSSR count). The van der Waals surface area contributed by atoms with E-state index in [1.165, 1.54) is 11.0 Å². The van der Waals surface area contributed by atoms with Gasteiger partial charge in [0.25, 0.3) is 5.91 Å². The van der Waals surface area contributed by atoms with Crippen LogP contribution >= 0.6 is 0 Å². The monoisotopic (exact) mass is 395 g/mol. The Labute approximate surface area is 163 Å². The predicted octanol–water partition coefficient (Wildman–Crippen LogP) is 2.19. The van der Waals surface area contributed by atoms with Gasteiger partial charge in [0.2, 0.25) is 11.8 Å². The van der Waals surface area contributed by atoms with Crippen molar-refractivity contribution in [3.05, 3.63) is 35.4 Å². The highest BCUT2D eigenvalue weighted by Crippen LogP contribution is 2.14. The van der Waals surface area contributed by atoms with Crippen LogP contribution in [0.2, 0.25) is 0 Å². The molecule has 0 atom stereocenters. The average molecular weight is 395 g/mol. The molecule has 0 saturated carbocycles. The zero-order chi connectivity index (χ0) is 20.9. The molecule has 1 aliphatic heterocycles. The molecule has 1 aromatic rings. The van der Waals surface area contributed by atoms with Gasteiger partial charge in [0.1, 0.15) is 0 Å². The topological polar surface area (TPSA) is 69.7 Å². The van der Waals surface area contributed by atoms with Crippen LogP contribution in [0, 0.1) is 17.0 Å². The van der Waals surface area contributed by atoms with Crippen molar-refractivity contribution in [1.82, 2.24) is 15.1 Å². The fourth-order valence-electron chi connectivity index (χ4n) is 2.84. The SMILES string of the molecule is CC(C)(C)C(=O)NCCCC(=O)N1CCN(C(=O)c2ccc(F)c(F)c2)CC1. The Morgan fingerprint density at radius 1 is 1.00 bits per heavy atom. The molecule has 3 amide bonds. The summed E-state index contributed by atoms with van der Waals surface area (Å²) in [5, 5.41) is 2.81. The third-order valence-corrected chi connectivity index (χ3v) is 4.62. The molecule has 6 nitrogen and oxygen atoms in total. The molecule has 1 fully saturated rings. The van der Waals surface area contributed by atoms with Crippen molar-refractivity contribution in [2.24, 2.45) is 5.41 Å². The minimum absolute atomic E-state index is 0.0232. The zero-order valence-electron chi connectivity index (χ0n) is 16.6. The third kappa shape index (κ3) is 5.74. The van der Waals surface area contributed by atoms with Crippen LogP contribution in [0.3, 0.4) is 0 Å². The van der Waals surface area contributed by atoms with Crippen molar-refractivity contribution in [2.45, 2.75) is 33.6 Å². The minimum atomic E-state index is -1.06. The summed E-state index contributed by atoms with van der Waals surface area (Å²) in [4.78, 5) is 39.7. The second-order valence-corrected chi connectivity index (χ2v) is 7.91. The number of nitrogens with one attached hydrogen (secondary N) is 1. The molecule has 1 heterocycles. The van der Waals surface area contributed by atoms with E-state index in [0.717, 1.165) is 12.1 Å². The van der Waals surface area contributed by atoms with Crippen LogP contribution < -0.4 is 5.32 Å². The molecule has 0 aliphatic carbocycles. The fraction of sp³-hybridized carbons (Fsp3) is 0.550. The van der Waals surface area contributed by atoms with Crippen molar-refractivity contribution in [1.29, 1.82) is 0 Å². The molecule has 0 spiro atoms. The van der Waals surface area contributed by atoms with E-state index >= 15 is 0 Å². The van der Waals surface area contributed by atoms with Crippen LogP contribution in [0.5, 0.6) is 0 Å². The minimum Gasteiger partial charge on any atom is -0.356 e. The third-order valence-electron chi connectivity index (χ3n) is 4.62. The molecule has 1 N–H and O–H groups in total. The summed E-state index contributed by atoms with van der Waals surface area (Å²) in [6, 6.07) is 3.08. The number of piperazine rings is 1. The van der Waals surface area contributed by atoms with Crippen LogP contribution in [0.4, 0.5) is 8.78 Å². The summed E-state index contributed by atoms with van der Waals surface area (Å²) < 4.78 is 26.3. The number of hydrogen-bond acceptors (Lipinski definition) is 3. The molecule has 1 aliphatic rings. The number of nitrogens with zero attached hydrogens (tertiary/aromatic N) is 2. The van der Waals surface area contributed by atoms with Gasteiger partial charge in [0.05, 0.1) is 0 Å². The Morgan fingerprint density at radius 2 is 1.61 bits per heavy atom. The molecule has 0 unspecified atom stereocenters.